The molecule has 2 heterocycles. The number of halogens is 1. The number of carbonyl (C=O) groups excluding carboxylic acids is 6. The largest absolute Gasteiger partial charge is 0.461 e. The van der Waals surface area contributed by atoms with Crippen LogP contribution in [0.2, 0.25) is 0 Å². The fourth-order valence-electron chi connectivity index (χ4n) is 5.16. The first-order valence-corrected chi connectivity index (χ1v) is 15.9. The minimum atomic E-state index is -1.29. The van der Waals surface area contributed by atoms with Crippen molar-refractivity contribution in [2.24, 2.45) is 5.92 Å². The number of carbonyl (C=O) groups is 6. The second kappa shape index (κ2) is 17.1. The van der Waals surface area contributed by atoms with Crippen LogP contribution in [0.1, 0.15) is 43.6 Å². The first kappa shape index (κ1) is 35.7. The first-order valence-electron chi connectivity index (χ1n) is 15.4. The van der Waals surface area contributed by atoms with Crippen molar-refractivity contribution < 1.29 is 33.5 Å². The van der Waals surface area contributed by atoms with Gasteiger partial charge in [0.1, 0.15) is 18.7 Å². The summed E-state index contributed by atoms with van der Waals surface area (Å²) in [6, 6.07) is 12.5. The number of esters is 1. The molecular weight excluding hydrogens is 644 g/mol. The highest BCUT2D eigenvalue weighted by Gasteiger charge is 2.40. The van der Waals surface area contributed by atoms with E-state index >= 15 is 0 Å². The predicted octanol–water partition coefficient (Wildman–Crippen LogP) is 0.773. The van der Waals surface area contributed by atoms with Crippen LogP contribution in [0.4, 0.5) is 5.69 Å². The summed E-state index contributed by atoms with van der Waals surface area (Å²) in [5, 5.41) is 21.0. The molecule has 1 aliphatic rings. The van der Waals surface area contributed by atoms with Crippen LogP contribution in [0, 0.1) is 5.92 Å². The molecule has 4 amide bonds. The van der Waals surface area contributed by atoms with Crippen LogP contribution in [0.15, 0.2) is 54.6 Å². The number of benzene rings is 2. The molecular formula is C32H37ClN8O7. The Kier molecular flexibility index (Phi) is 12.7. The fourth-order valence-corrected chi connectivity index (χ4v) is 5.35. The first-order chi connectivity index (χ1) is 23.1. The van der Waals surface area contributed by atoms with Crippen molar-refractivity contribution >= 4 is 52.7 Å². The zero-order valence-electron chi connectivity index (χ0n) is 26.5. The number of Topliss-reactive ketones (excluding diaryl/α,β-unsaturated/α-hetero) is 1. The third kappa shape index (κ3) is 9.44. The van der Waals surface area contributed by atoms with E-state index in [-0.39, 0.29) is 31.2 Å². The van der Waals surface area contributed by atoms with Gasteiger partial charge >= 0.3 is 5.97 Å². The summed E-state index contributed by atoms with van der Waals surface area (Å²) in [6.45, 7) is 3.15. The number of nitrogens with zero attached hydrogens (tertiary/aromatic N) is 4. The topological polar surface area (TPSA) is 205 Å². The van der Waals surface area contributed by atoms with Gasteiger partial charge in [-0.2, -0.15) is 5.21 Å². The molecule has 0 saturated heterocycles. The van der Waals surface area contributed by atoms with Crippen LogP contribution in [0.3, 0.4) is 0 Å². The number of H-pyrrole nitrogens is 1. The molecule has 0 bridgehead atoms. The van der Waals surface area contributed by atoms with Gasteiger partial charge in [0, 0.05) is 12.1 Å². The molecule has 1 aromatic heterocycles. The van der Waals surface area contributed by atoms with Gasteiger partial charge in [-0.3, -0.25) is 33.7 Å². The number of tetrazole rings is 1. The quantitative estimate of drug-likeness (QED) is 0.124. The van der Waals surface area contributed by atoms with Crippen LogP contribution in [-0.2, 0) is 53.0 Å². The number of ether oxygens (including phenoxy) is 1. The standard InChI is InChI=1S/C32H37ClN8O7/c1-3-19(2)30(36-27(43)15-26-37-39-40-38-26)32(47)34-17-28(44)41-23-12-8-7-11-21(23)13-24(41)31(46)35-22(25(42)16-33)14-29(45)48-18-20-9-5-4-6-10-20/h4-12,19,22,24,30H,3,13-18H2,1-2H3,(H,34,47)(H,35,46)(H,36,43)(H,37,38,39,40)/t19-,22-,24-,30-/m0/s1. The average Bonchev–Trinajstić information content (AvgIpc) is 3.76. The second-order valence-corrected chi connectivity index (χ2v) is 11.5. The molecule has 4 N–H and O–H groups in total. The highest BCUT2D eigenvalue weighted by atomic mass is 35.5. The minimum absolute atomic E-state index is 0.0122. The lowest BCUT2D eigenvalue weighted by molar-refractivity contribution is -0.147. The molecule has 1 aliphatic heterocycles. The van der Waals surface area contributed by atoms with Gasteiger partial charge in [0.05, 0.1) is 31.3 Å². The number of rotatable bonds is 16. The molecule has 0 unspecified atom stereocenters. The van der Waals surface area contributed by atoms with E-state index in [1.54, 1.807) is 55.5 Å². The summed E-state index contributed by atoms with van der Waals surface area (Å²) in [4.78, 5) is 79.7. The number of ketones is 1. The van der Waals surface area contributed by atoms with Gasteiger partial charge in [0.25, 0.3) is 0 Å². The van der Waals surface area contributed by atoms with E-state index in [0.29, 0.717) is 17.7 Å². The Bertz CT molecular complexity index is 1600. The van der Waals surface area contributed by atoms with Gasteiger partial charge in [0.2, 0.25) is 23.6 Å². The Morgan fingerprint density at radius 3 is 2.46 bits per heavy atom. The van der Waals surface area contributed by atoms with Crippen LogP contribution >= 0.6 is 11.6 Å². The summed E-state index contributed by atoms with van der Waals surface area (Å²) in [7, 11) is 0. The normalized spacial score (nSPS) is 15.4. The van der Waals surface area contributed by atoms with Gasteiger partial charge in [-0.1, -0.05) is 74.0 Å². The maximum atomic E-state index is 13.7. The molecule has 0 aliphatic carbocycles. The summed E-state index contributed by atoms with van der Waals surface area (Å²) in [5.74, 6) is -4.27. The number of anilines is 1. The molecule has 4 rings (SSSR count). The Morgan fingerprint density at radius 2 is 1.77 bits per heavy atom. The lowest BCUT2D eigenvalue weighted by Crippen LogP contribution is -2.56. The molecule has 0 fully saturated rings. The maximum absolute atomic E-state index is 13.7. The number of aromatic nitrogens is 4. The lowest BCUT2D eigenvalue weighted by Gasteiger charge is -2.28. The molecule has 0 radical (unpaired) electrons. The summed E-state index contributed by atoms with van der Waals surface area (Å²) >= 11 is 5.80. The highest BCUT2D eigenvalue weighted by Crippen LogP contribution is 2.32. The van der Waals surface area contributed by atoms with Crippen molar-refractivity contribution in [2.45, 2.75) is 64.3 Å². The highest BCUT2D eigenvalue weighted by molar-refractivity contribution is 6.28. The predicted molar refractivity (Wildman–Crippen MR) is 172 cm³/mol. The number of hydrogen-bond acceptors (Lipinski definition) is 10. The summed E-state index contributed by atoms with van der Waals surface area (Å²) < 4.78 is 5.29. The minimum Gasteiger partial charge on any atom is -0.461 e. The Labute approximate surface area is 281 Å². The molecule has 0 spiro atoms. The molecule has 15 nitrogen and oxygen atoms in total. The zero-order valence-corrected chi connectivity index (χ0v) is 27.2. The molecule has 16 heteroatoms. The van der Waals surface area contributed by atoms with E-state index < -0.39 is 72.4 Å². The Balaban J connectivity index is 1.42. The van der Waals surface area contributed by atoms with Crippen molar-refractivity contribution in [3.63, 3.8) is 0 Å². The van der Waals surface area contributed by atoms with E-state index in [1.165, 1.54) is 4.90 Å². The summed E-state index contributed by atoms with van der Waals surface area (Å²) in [5.41, 5.74) is 1.92. The molecule has 0 saturated carbocycles. The van der Waals surface area contributed by atoms with Gasteiger partial charge in [-0.15, -0.1) is 21.8 Å². The van der Waals surface area contributed by atoms with Gasteiger partial charge in [-0.25, -0.2) is 0 Å². The molecule has 48 heavy (non-hydrogen) atoms. The van der Waals surface area contributed by atoms with Crippen LogP contribution < -0.4 is 20.9 Å². The van der Waals surface area contributed by atoms with Gasteiger partial charge in [-0.05, 0) is 23.1 Å². The Morgan fingerprint density at radius 1 is 1.04 bits per heavy atom. The second-order valence-electron chi connectivity index (χ2n) is 11.3. The number of aromatic amines is 1. The SMILES string of the molecule is CC[C@H](C)[C@H](NC(=O)Cc1nn[nH]n1)C(=O)NCC(=O)N1c2ccccc2C[C@H]1C(=O)N[C@@H](CC(=O)OCc1ccccc1)C(=O)CCl. The zero-order chi connectivity index (χ0) is 34.6. The molecule has 4 atom stereocenters. The van der Waals surface area contributed by atoms with Crippen molar-refractivity contribution in [2.75, 3.05) is 17.3 Å². The van der Waals surface area contributed by atoms with E-state index in [4.69, 9.17) is 16.3 Å². The lowest BCUT2D eigenvalue weighted by atomic mass is 9.98. The summed E-state index contributed by atoms with van der Waals surface area (Å²) in [6.07, 6.45) is 0.0278. The molecule has 2 aromatic carbocycles. The van der Waals surface area contributed by atoms with E-state index in [2.05, 4.69) is 36.6 Å². The number of amides is 4. The Hall–Kier alpha value is -5.18. The van der Waals surface area contributed by atoms with Gasteiger partial charge in [0.15, 0.2) is 11.6 Å². The number of fused-ring (bicyclic) bond motifs is 1. The molecule has 3 aromatic rings. The third-order valence-electron chi connectivity index (χ3n) is 7.93. The van der Waals surface area contributed by atoms with E-state index in [0.717, 1.165) is 5.56 Å². The maximum Gasteiger partial charge on any atom is 0.308 e. The van der Waals surface area contributed by atoms with Gasteiger partial charge < -0.3 is 20.7 Å². The van der Waals surface area contributed by atoms with E-state index in [1.807, 2.05) is 13.0 Å². The monoisotopic (exact) mass is 680 g/mol. The van der Waals surface area contributed by atoms with Crippen molar-refractivity contribution in [1.29, 1.82) is 0 Å². The van der Waals surface area contributed by atoms with Crippen LogP contribution in [0.5, 0.6) is 0 Å². The smallest absolute Gasteiger partial charge is 0.308 e. The van der Waals surface area contributed by atoms with Crippen LogP contribution in [-0.4, -0.2) is 86.6 Å². The number of para-hydroxylation sites is 1. The number of hydrogen-bond donors (Lipinski definition) is 4. The van der Waals surface area contributed by atoms with Crippen molar-refractivity contribution in [3.05, 3.63) is 71.5 Å². The number of nitrogens with one attached hydrogen (secondary N) is 4. The fraction of sp³-hybridized carbons (Fsp3) is 0.406. The van der Waals surface area contributed by atoms with Crippen molar-refractivity contribution in [1.82, 2.24) is 36.6 Å². The molecule has 254 valence electrons. The average molecular weight is 681 g/mol. The van der Waals surface area contributed by atoms with E-state index in [9.17, 15) is 28.8 Å². The number of alkyl halides is 1. The van der Waals surface area contributed by atoms with Crippen LogP contribution in [0.25, 0.3) is 0 Å². The van der Waals surface area contributed by atoms with Crippen molar-refractivity contribution in [3.8, 4) is 0 Å². The third-order valence-corrected chi connectivity index (χ3v) is 8.19.